The van der Waals surface area contributed by atoms with Crippen molar-refractivity contribution in [3.8, 4) is 0 Å². The second-order valence-electron chi connectivity index (χ2n) is 6.40. The van der Waals surface area contributed by atoms with Crippen LogP contribution in [0.15, 0.2) is 5.16 Å². The Morgan fingerprint density at radius 1 is 1.52 bits per heavy atom. The van der Waals surface area contributed by atoms with Gasteiger partial charge in [0.25, 0.3) is 5.91 Å². The first-order valence-corrected chi connectivity index (χ1v) is 7.98. The molecule has 116 valence electrons. The molecular weight excluding hydrogens is 288 g/mol. The number of amides is 1. The molecule has 1 unspecified atom stereocenters. The van der Waals surface area contributed by atoms with Gasteiger partial charge in [0.15, 0.2) is 0 Å². The molecular formula is C14H22N4O2S. The van der Waals surface area contributed by atoms with Crippen LogP contribution in [0.5, 0.6) is 0 Å². The summed E-state index contributed by atoms with van der Waals surface area (Å²) in [5, 5.41) is 16.5. The number of carbonyl (C=O) groups excluding carboxylic acids is 1. The minimum atomic E-state index is -0.199. The van der Waals surface area contributed by atoms with E-state index in [0.717, 1.165) is 29.4 Å². The van der Waals surface area contributed by atoms with Crippen molar-refractivity contribution in [3.63, 3.8) is 0 Å². The Kier molecular flexibility index (Phi) is 4.61. The zero-order valence-corrected chi connectivity index (χ0v) is 13.8. The van der Waals surface area contributed by atoms with Crippen molar-refractivity contribution in [2.45, 2.75) is 46.0 Å². The lowest BCUT2D eigenvalue weighted by Gasteiger charge is -2.33. The fraction of sp³-hybridized carbons (Fsp3) is 0.714. The lowest BCUT2D eigenvalue weighted by Crippen LogP contribution is -2.44. The maximum Gasteiger partial charge on any atom is 0.267 e. The number of rotatable bonds is 2. The lowest BCUT2D eigenvalue weighted by atomic mass is 9.90. The van der Waals surface area contributed by atoms with E-state index in [1.165, 1.54) is 0 Å². The van der Waals surface area contributed by atoms with Crippen molar-refractivity contribution < 1.29 is 10.0 Å². The van der Waals surface area contributed by atoms with Crippen molar-refractivity contribution in [1.29, 1.82) is 0 Å². The number of likely N-dealkylation sites (tertiary alicyclic amines) is 1. The summed E-state index contributed by atoms with van der Waals surface area (Å²) in [5.74, 6) is 0.122. The molecule has 1 N–H and O–H groups in total. The van der Waals surface area contributed by atoms with Gasteiger partial charge in [-0.1, -0.05) is 37.3 Å². The molecule has 6 nitrogen and oxygen atoms in total. The van der Waals surface area contributed by atoms with E-state index in [9.17, 15) is 4.79 Å². The number of carbonyl (C=O) groups is 1. The standard InChI is InChI=1S/C14H22N4O2S/c1-5-9-8-18(7-6-10(9)16-20)13(19)11-12(14(2,3)4)15-17-21-11/h9,20H,5-8H2,1-4H3. The molecule has 2 heterocycles. The van der Waals surface area contributed by atoms with Gasteiger partial charge in [-0.2, -0.15) is 0 Å². The van der Waals surface area contributed by atoms with E-state index >= 15 is 0 Å². The van der Waals surface area contributed by atoms with Crippen LogP contribution in [-0.4, -0.2) is 44.4 Å². The van der Waals surface area contributed by atoms with Gasteiger partial charge in [-0.05, 0) is 18.0 Å². The average molecular weight is 310 g/mol. The number of piperidine rings is 1. The summed E-state index contributed by atoms with van der Waals surface area (Å²) in [6, 6.07) is 0. The molecule has 0 aromatic carbocycles. The molecule has 1 fully saturated rings. The van der Waals surface area contributed by atoms with Crippen molar-refractivity contribution in [2.24, 2.45) is 11.1 Å². The first kappa shape index (κ1) is 15.9. The van der Waals surface area contributed by atoms with Gasteiger partial charge in [0, 0.05) is 30.8 Å². The predicted molar refractivity (Wildman–Crippen MR) is 82.1 cm³/mol. The summed E-state index contributed by atoms with van der Waals surface area (Å²) >= 11 is 1.16. The Balaban J connectivity index is 2.20. The molecule has 1 aliphatic rings. The Bertz CT molecular complexity index is 547. The highest BCUT2D eigenvalue weighted by Gasteiger charge is 2.33. The SMILES string of the molecule is CCC1CN(C(=O)c2snnc2C(C)(C)C)CCC1=NO. The number of hydrogen-bond donors (Lipinski definition) is 1. The molecule has 0 saturated carbocycles. The van der Waals surface area contributed by atoms with Gasteiger partial charge in [-0.25, -0.2) is 0 Å². The third kappa shape index (κ3) is 3.23. The third-order valence-electron chi connectivity index (χ3n) is 3.85. The minimum absolute atomic E-state index is 0.00892. The van der Waals surface area contributed by atoms with Crippen molar-refractivity contribution in [2.75, 3.05) is 13.1 Å². The molecule has 0 aliphatic carbocycles. The van der Waals surface area contributed by atoms with Crippen LogP contribution in [0.1, 0.15) is 55.9 Å². The Morgan fingerprint density at radius 2 is 2.24 bits per heavy atom. The molecule has 7 heteroatoms. The maximum atomic E-state index is 12.7. The maximum absolute atomic E-state index is 12.7. The van der Waals surface area contributed by atoms with E-state index in [4.69, 9.17) is 5.21 Å². The van der Waals surface area contributed by atoms with Crippen molar-refractivity contribution in [1.82, 2.24) is 14.5 Å². The highest BCUT2D eigenvalue weighted by Crippen LogP contribution is 2.28. The molecule has 0 radical (unpaired) electrons. The van der Waals surface area contributed by atoms with Crippen LogP contribution >= 0.6 is 11.5 Å². The number of nitrogens with zero attached hydrogens (tertiary/aromatic N) is 4. The first-order valence-electron chi connectivity index (χ1n) is 7.21. The fourth-order valence-electron chi connectivity index (χ4n) is 2.56. The second-order valence-corrected chi connectivity index (χ2v) is 7.15. The summed E-state index contributed by atoms with van der Waals surface area (Å²) in [6.07, 6.45) is 1.48. The highest BCUT2D eigenvalue weighted by atomic mass is 32.1. The highest BCUT2D eigenvalue weighted by molar-refractivity contribution is 7.08. The topological polar surface area (TPSA) is 78.7 Å². The van der Waals surface area contributed by atoms with Gasteiger partial charge in [-0.15, -0.1) is 5.10 Å². The van der Waals surface area contributed by atoms with Crippen LogP contribution in [0.25, 0.3) is 0 Å². The molecule has 1 amide bonds. The van der Waals surface area contributed by atoms with Crippen LogP contribution in [0.2, 0.25) is 0 Å². The molecule has 1 aromatic rings. The normalized spacial score (nSPS) is 21.8. The van der Waals surface area contributed by atoms with Crippen molar-refractivity contribution >= 4 is 23.2 Å². The van der Waals surface area contributed by atoms with Gasteiger partial charge in [-0.3, -0.25) is 4.79 Å². The van der Waals surface area contributed by atoms with E-state index < -0.39 is 0 Å². The van der Waals surface area contributed by atoms with E-state index in [0.29, 0.717) is 24.4 Å². The number of hydrogen-bond acceptors (Lipinski definition) is 6. The second kappa shape index (κ2) is 6.09. The molecule has 1 saturated heterocycles. The first-order chi connectivity index (χ1) is 9.88. The van der Waals surface area contributed by atoms with Crippen LogP contribution in [0.3, 0.4) is 0 Å². The van der Waals surface area contributed by atoms with E-state index in [2.05, 4.69) is 14.7 Å². The zero-order valence-electron chi connectivity index (χ0n) is 13.0. The van der Waals surface area contributed by atoms with Crippen LogP contribution < -0.4 is 0 Å². The van der Waals surface area contributed by atoms with E-state index in [1.807, 2.05) is 32.6 Å². The van der Waals surface area contributed by atoms with Crippen LogP contribution in [0.4, 0.5) is 0 Å². The van der Waals surface area contributed by atoms with Gasteiger partial charge in [0.1, 0.15) is 4.88 Å². The van der Waals surface area contributed by atoms with E-state index in [-0.39, 0.29) is 17.2 Å². The number of oxime groups is 1. The Labute approximate surface area is 129 Å². The molecule has 1 aromatic heterocycles. The van der Waals surface area contributed by atoms with Crippen molar-refractivity contribution in [3.05, 3.63) is 10.6 Å². The minimum Gasteiger partial charge on any atom is -0.411 e. The van der Waals surface area contributed by atoms with Gasteiger partial charge >= 0.3 is 0 Å². The monoisotopic (exact) mass is 310 g/mol. The summed E-state index contributed by atoms with van der Waals surface area (Å²) < 4.78 is 3.96. The molecule has 1 atom stereocenters. The smallest absolute Gasteiger partial charge is 0.267 e. The zero-order chi connectivity index (χ0) is 15.6. The van der Waals surface area contributed by atoms with Crippen LogP contribution in [-0.2, 0) is 5.41 Å². The van der Waals surface area contributed by atoms with Crippen LogP contribution in [0, 0.1) is 5.92 Å². The Morgan fingerprint density at radius 3 is 2.81 bits per heavy atom. The quantitative estimate of drug-likeness (QED) is 0.672. The third-order valence-corrected chi connectivity index (χ3v) is 4.56. The molecule has 0 spiro atoms. The lowest BCUT2D eigenvalue weighted by molar-refractivity contribution is 0.0731. The summed E-state index contributed by atoms with van der Waals surface area (Å²) in [4.78, 5) is 15.2. The molecule has 2 rings (SSSR count). The largest absolute Gasteiger partial charge is 0.411 e. The predicted octanol–water partition coefficient (Wildman–Crippen LogP) is 2.54. The van der Waals surface area contributed by atoms with E-state index in [1.54, 1.807) is 0 Å². The average Bonchev–Trinajstić information content (AvgIpc) is 2.95. The van der Waals surface area contributed by atoms with Gasteiger partial charge < -0.3 is 10.1 Å². The summed E-state index contributed by atoms with van der Waals surface area (Å²) in [5.41, 5.74) is 1.35. The molecule has 21 heavy (non-hydrogen) atoms. The molecule has 0 bridgehead atoms. The number of aromatic nitrogens is 2. The summed E-state index contributed by atoms with van der Waals surface area (Å²) in [7, 11) is 0. The Hall–Kier alpha value is -1.50. The summed E-state index contributed by atoms with van der Waals surface area (Å²) in [6.45, 7) is 9.30. The van der Waals surface area contributed by atoms with Gasteiger partial charge in [0.05, 0.1) is 11.4 Å². The molecule has 1 aliphatic heterocycles. The van der Waals surface area contributed by atoms with Gasteiger partial charge in [0.2, 0.25) is 0 Å². The fourth-order valence-corrected chi connectivity index (χ4v) is 3.41.